The Balaban J connectivity index is 2.99. The van der Waals surface area contributed by atoms with Crippen LogP contribution in [0.1, 0.15) is 45.0 Å². The molecular formula is C15H22N2O2. The standard InChI is InChI=1S/C15H22N2O2/c1-11(2)13(18)16-17(15(3,4)5)14(19)12-9-7-6-8-10-12/h6-11H,1-5H3,(H,16,18). The molecule has 19 heavy (non-hydrogen) atoms. The smallest absolute Gasteiger partial charge is 0.272 e. The Labute approximate surface area is 114 Å². The monoisotopic (exact) mass is 262 g/mol. The average Bonchev–Trinajstić information content (AvgIpc) is 2.34. The molecule has 104 valence electrons. The summed E-state index contributed by atoms with van der Waals surface area (Å²) in [5, 5.41) is 1.39. The van der Waals surface area contributed by atoms with Crippen molar-refractivity contribution in [2.24, 2.45) is 5.92 Å². The van der Waals surface area contributed by atoms with Gasteiger partial charge in [0.05, 0.1) is 5.54 Å². The van der Waals surface area contributed by atoms with Crippen LogP contribution in [0.5, 0.6) is 0 Å². The fourth-order valence-electron chi connectivity index (χ4n) is 1.47. The van der Waals surface area contributed by atoms with E-state index in [9.17, 15) is 9.59 Å². The van der Waals surface area contributed by atoms with Gasteiger partial charge < -0.3 is 0 Å². The summed E-state index contributed by atoms with van der Waals surface area (Å²) in [6, 6.07) is 8.94. The van der Waals surface area contributed by atoms with Gasteiger partial charge in [0, 0.05) is 11.5 Å². The van der Waals surface area contributed by atoms with E-state index in [0.717, 1.165) is 0 Å². The first-order chi connectivity index (χ1) is 8.73. The highest BCUT2D eigenvalue weighted by molar-refractivity contribution is 5.96. The van der Waals surface area contributed by atoms with Gasteiger partial charge in [-0.05, 0) is 32.9 Å². The van der Waals surface area contributed by atoms with Crippen LogP contribution in [0.4, 0.5) is 0 Å². The molecule has 0 bridgehead atoms. The van der Waals surface area contributed by atoms with Crippen LogP contribution in [0, 0.1) is 5.92 Å². The lowest BCUT2D eigenvalue weighted by molar-refractivity contribution is -0.129. The van der Waals surface area contributed by atoms with Crippen molar-refractivity contribution in [3.8, 4) is 0 Å². The quantitative estimate of drug-likeness (QED) is 0.833. The Kier molecular flexibility index (Phi) is 4.70. The van der Waals surface area contributed by atoms with Crippen molar-refractivity contribution in [2.75, 3.05) is 0 Å². The van der Waals surface area contributed by atoms with Gasteiger partial charge in [0.25, 0.3) is 5.91 Å². The van der Waals surface area contributed by atoms with Crippen molar-refractivity contribution in [1.82, 2.24) is 10.4 Å². The molecule has 0 heterocycles. The van der Waals surface area contributed by atoms with E-state index in [-0.39, 0.29) is 17.7 Å². The summed E-state index contributed by atoms with van der Waals surface area (Å²) >= 11 is 0. The highest BCUT2D eigenvalue weighted by Crippen LogP contribution is 2.15. The molecule has 0 aromatic heterocycles. The molecule has 0 aliphatic carbocycles. The third kappa shape index (κ3) is 4.09. The topological polar surface area (TPSA) is 49.4 Å². The SMILES string of the molecule is CC(C)C(=O)NN(C(=O)c1ccccc1)C(C)(C)C. The second-order valence-electron chi connectivity index (χ2n) is 5.81. The van der Waals surface area contributed by atoms with Crippen LogP contribution >= 0.6 is 0 Å². The lowest BCUT2D eigenvalue weighted by atomic mass is 10.1. The van der Waals surface area contributed by atoms with Gasteiger partial charge in [-0.1, -0.05) is 32.0 Å². The van der Waals surface area contributed by atoms with Gasteiger partial charge in [0.1, 0.15) is 0 Å². The minimum atomic E-state index is -0.489. The summed E-state index contributed by atoms with van der Waals surface area (Å²) in [5.74, 6) is -0.547. The molecule has 0 aliphatic heterocycles. The summed E-state index contributed by atoms with van der Waals surface area (Å²) in [4.78, 5) is 24.3. The summed E-state index contributed by atoms with van der Waals surface area (Å²) in [5.41, 5.74) is 2.77. The van der Waals surface area contributed by atoms with Crippen LogP contribution in [0.15, 0.2) is 30.3 Å². The Hall–Kier alpha value is -1.84. The van der Waals surface area contributed by atoms with Gasteiger partial charge in [-0.25, -0.2) is 5.01 Å². The van der Waals surface area contributed by atoms with E-state index in [1.54, 1.807) is 38.1 Å². The molecule has 0 fully saturated rings. The zero-order chi connectivity index (χ0) is 14.6. The number of hydrogen-bond donors (Lipinski definition) is 1. The Bertz CT molecular complexity index is 447. The summed E-state index contributed by atoms with van der Waals surface area (Å²) in [6.07, 6.45) is 0. The third-order valence-corrected chi connectivity index (χ3v) is 2.64. The molecule has 0 unspecified atom stereocenters. The van der Waals surface area contributed by atoms with Crippen LogP contribution in [0.3, 0.4) is 0 Å². The summed E-state index contributed by atoms with van der Waals surface area (Å²) in [6.45, 7) is 9.24. The van der Waals surface area contributed by atoms with E-state index in [1.165, 1.54) is 5.01 Å². The zero-order valence-corrected chi connectivity index (χ0v) is 12.2. The molecule has 0 radical (unpaired) electrons. The molecule has 1 aromatic carbocycles. The second kappa shape index (κ2) is 5.87. The minimum Gasteiger partial charge on any atom is -0.273 e. The summed E-state index contributed by atoms with van der Waals surface area (Å²) in [7, 11) is 0. The van der Waals surface area contributed by atoms with Gasteiger partial charge >= 0.3 is 0 Å². The predicted molar refractivity (Wildman–Crippen MR) is 75.3 cm³/mol. The van der Waals surface area contributed by atoms with Crippen molar-refractivity contribution in [2.45, 2.75) is 40.2 Å². The predicted octanol–water partition coefficient (Wildman–Crippen LogP) is 2.61. The van der Waals surface area contributed by atoms with Gasteiger partial charge in [-0.15, -0.1) is 0 Å². The van der Waals surface area contributed by atoms with Crippen LogP contribution in [-0.4, -0.2) is 22.4 Å². The number of hydrogen-bond acceptors (Lipinski definition) is 2. The van der Waals surface area contributed by atoms with E-state index < -0.39 is 5.54 Å². The van der Waals surface area contributed by atoms with Crippen LogP contribution in [-0.2, 0) is 4.79 Å². The first kappa shape index (κ1) is 15.2. The lowest BCUT2D eigenvalue weighted by Crippen LogP contribution is -2.56. The number of carbonyl (C=O) groups excluding carboxylic acids is 2. The number of carbonyl (C=O) groups is 2. The normalized spacial score (nSPS) is 11.3. The molecule has 4 nitrogen and oxygen atoms in total. The number of benzene rings is 1. The summed E-state index contributed by atoms with van der Waals surface area (Å²) < 4.78 is 0. The van der Waals surface area contributed by atoms with Crippen molar-refractivity contribution >= 4 is 11.8 Å². The number of nitrogens with one attached hydrogen (secondary N) is 1. The molecule has 1 rings (SSSR count). The second-order valence-corrected chi connectivity index (χ2v) is 5.81. The van der Waals surface area contributed by atoms with Crippen LogP contribution in [0.25, 0.3) is 0 Å². The largest absolute Gasteiger partial charge is 0.273 e. The van der Waals surface area contributed by atoms with E-state index in [1.807, 2.05) is 26.8 Å². The van der Waals surface area contributed by atoms with Crippen molar-refractivity contribution < 1.29 is 9.59 Å². The molecule has 1 N–H and O–H groups in total. The average molecular weight is 262 g/mol. The van der Waals surface area contributed by atoms with Gasteiger partial charge in [-0.2, -0.15) is 0 Å². The molecule has 0 aliphatic rings. The Morgan fingerprint density at radius 2 is 1.63 bits per heavy atom. The Morgan fingerprint density at radius 3 is 2.05 bits per heavy atom. The molecule has 0 spiro atoms. The van der Waals surface area contributed by atoms with Gasteiger partial charge in [0.2, 0.25) is 5.91 Å². The van der Waals surface area contributed by atoms with Crippen molar-refractivity contribution in [3.05, 3.63) is 35.9 Å². The molecule has 0 atom stereocenters. The van der Waals surface area contributed by atoms with E-state index in [0.29, 0.717) is 5.56 Å². The first-order valence-corrected chi connectivity index (χ1v) is 6.43. The Morgan fingerprint density at radius 1 is 1.11 bits per heavy atom. The molecule has 1 aromatic rings. The number of hydrazine groups is 1. The van der Waals surface area contributed by atoms with Gasteiger partial charge in [0.15, 0.2) is 0 Å². The van der Waals surface area contributed by atoms with Gasteiger partial charge in [-0.3, -0.25) is 15.0 Å². The minimum absolute atomic E-state index is 0.167. The molecular weight excluding hydrogens is 240 g/mol. The van der Waals surface area contributed by atoms with Crippen LogP contribution < -0.4 is 5.43 Å². The highest BCUT2D eigenvalue weighted by atomic mass is 16.2. The number of rotatable bonds is 2. The first-order valence-electron chi connectivity index (χ1n) is 6.43. The molecule has 0 saturated heterocycles. The maximum absolute atomic E-state index is 12.5. The third-order valence-electron chi connectivity index (χ3n) is 2.64. The maximum Gasteiger partial charge on any atom is 0.272 e. The fourth-order valence-corrected chi connectivity index (χ4v) is 1.47. The highest BCUT2D eigenvalue weighted by Gasteiger charge is 2.29. The molecule has 2 amide bonds. The molecule has 4 heteroatoms. The lowest BCUT2D eigenvalue weighted by Gasteiger charge is -2.36. The van der Waals surface area contributed by atoms with E-state index in [2.05, 4.69) is 5.43 Å². The molecule has 0 saturated carbocycles. The number of nitrogens with zero attached hydrogens (tertiary/aromatic N) is 1. The zero-order valence-electron chi connectivity index (χ0n) is 12.2. The van der Waals surface area contributed by atoms with E-state index >= 15 is 0 Å². The van der Waals surface area contributed by atoms with E-state index in [4.69, 9.17) is 0 Å². The van der Waals surface area contributed by atoms with Crippen LogP contribution in [0.2, 0.25) is 0 Å². The maximum atomic E-state index is 12.5. The fraction of sp³-hybridized carbons (Fsp3) is 0.467. The van der Waals surface area contributed by atoms with Crippen molar-refractivity contribution in [3.63, 3.8) is 0 Å². The van der Waals surface area contributed by atoms with Crippen molar-refractivity contribution in [1.29, 1.82) is 0 Å². The number of amides is 2.